The summed E-state index contributed by atoms with van der Waals surface area (Å²) in [6.07, 6.45) is 4.67. The fourth-order valence-corrected chi connectivity index (χ4v) is 3.00. The van der Waals surface area contributed by atoms with Gasteiger partial charge in [-0.1, -0.05) is 6.92 Å². The first-order valence-electron chi connectivity index (χ1n) is 9.37. The van der Waals surface area contributed by atoms with Crippen LogP contribution in [0.2, 0.25) is 0 Å². The maximum atomic E-state index is 11.4. The van der Waals surface area contributed by atoms with Crippen molar-refractivity contribution >= 4 is 30.2 Å². The van der Waals surface area contributed by atoms with Gasteiger partial charge in [-0.3, -0.25) is 10.1 Å². The van der Waals surface area contributed by atoms with Gasteiger partial charge in [0.25, 0.3) is 0 Å². The molecule has 1 heterocycles. The molecule has 0 saturated heterocycles. The number of anilines is 2. The van der Waals surface area contributed by atoms with E-state index in [1.54, 1.807) is 25.4 Å². The Balaban J connectivity index is 2.20. The predicted octanol–water partition coefficient (Wildman–Crippen LogP) is 3.09. The van der Waals surface area contributed by atoms with Crippen molar-refractivity contribution in [2.24, 2.45) is 5.92 Å². The highest BCUT2D eigenvalue weighted by Gasteiger charge is 2.17. The number of carbonyl (C=O) groups is 3. The summed E-state index contributed by atoms with van der Waals surface area (Å²) in [4.78, 5) is 40.8. The molecule has 2 unspecified atom stereocenters. The van der Waals surface area contributed by atoms with Crippen molar-refractivity contribution in [1.82, 2.24) is 15.3 Å². The Labute approximate surface area is 169 Å². The Bertz CT molecular complexity index is 836. The van der Waals surface area contributed by atoms with E-state index in [0.29, 0.717) is 30.8 Å². The highest BCUT2D eigenvalue weighted by Crippen LogP contribution is 2.31. The zero-order chi connectivity index (χ0) is 21.2. The number of benzene rings is 1. The number of ether oxygens (including phenoxy) is 1. The summed E-state index contributed by atoms with van der Waals surface area (Å²) in [5.74, 6) is 0.882. The molecule has 0 aliphatic rings. The van der Waals surface area contributed by atoms with E-state index in [9.17, 15) is 14.4 Å². The molecule has 2 amide bonds. The van der Waals surface area contributed by atoms with Gasteiger partial charge < -0.3 is 25.1 Å². The van der Waals surface area contributed by atoms with Crippen LogP contribution in [0.15, 0.2) is 24.4 Å². The zero-order valence-corrected chi connectivity index (χ0v) is 16.8. The van der Waals surface area contributed by atoms with Crippen LogP contribution in [-0.4, -0.2) is 42.9 Å². The smallest absolute Gasteiger partial charge is 0.411 e. The molecule has 9 heteroatoms. The molecule has 156 valence electrons. The average Bonchev–Trinajstić information content (AvgIpc) is 3.20. The Morgan fingerprint density at radius 2 is 2.10 bits per heavy atom. The molecule has 0 aliphatic heterocycles. The van der Waals surface area contributed by atoms with Crippen molar-refractivity contribution in [1.29, 1.82) is 0 Å². The number of hydrogen-bond donors (Lipinski definition) is 4. The lowest BCUT2D eigenvalue weighted by molar-refractivity contribution is -0.110. The average molecular weight is 401 g/mol. The van der Waals surface area contributed by atoms with Gasteiger partial charge in [-0.2, -0.15) is 0 Å². The quantitative estimate of drug-likeness (QED) is 0.429. The van der Waals surface area contributed by atoms with E-state index < -0.39 is 6.09 Å². The first-order valence-corrected chi connectivity index (χ1v) is 9.37. The van der Waals surface area contributed by atoms with Crippen LogP contribution in [0.4, 0.5) is 16.2 Å². The Morgan fingerprint density at radius 1 is 1.31 bits per heavy atom. The molecule has 0 aliphatic carbocycles. The van der Waals surface area contributed by atoms with E-state index in [1.165, 1.54) is 7.11 Å². The second kappa shape index (κ2) is 10.8. The topological polar surface area (TPSA) is 125 Å². The van der Waals surface area contributed by atoms with Crippen molar-refractivity contribution in [3.05, 3.63) is 30.2 Å². The van der Waals surface area contributed by atoms with Gasteiger partial charge in [0.1, 0.15) is 12.1 Å². The van der Waals surface area contributed by atoms with Crippen molar-refractivity contribution in [3.8, 4) is 11.3 Å². The van der Waals surface area contributed by atoms with Gasteiger partial charge in [0.2, 0.25) is 6.41 Å². The summed E-state index contributed by atoms with van der Waals surface area (Å²) < 4.78 is 4.61. The summed E-state index contributed by atoms with van der Waals surface area (Å²) in [5.41, 5.74) is 3.01. The number of methoxy groups -OCH3 is 1. The minimum Gasteiger partial charge on any atom is -0.453 e. The fraction of sp³-hybridized carbons (Fsp3) is 0.400. The van der Waals surface area contributed by atoms with Crippen LogP contribution < -0.4 is 16.0 Å². The molecule has 0 radical (unpaired) electrons. The van der Waals surface area contributed by atoms with Gasteiger partial charge in [0.05, 0.1) is 25.0 Å². The number of H-pyrrole nitrogens is 1. The Hall–Kier alpha value is -3.36. The number of amides is 2. The van der Waals surface area contributed by atoms with Gasteiger partial charge in [-0.05, 0) is 37.0 Å². The zero-order valence-electron chi connectivity index (χ0n) is 16.8. The van der Waals surface area contributed by atoms with Crippen molar-refractivity contribution in [3.63, 3.8) is 0 Å². The van der Waals surface area contributed by atoms with Crippen molar-refractivity contribution < 1.29 is 19.1 Å². The molecule has 9 nitrogen and oxygen atoms in total. The predicted molar refractivity (Wildman–Crippen MR) is 111 cm³/mol. The van der Waals surface area contributed by atoms with E-state index in [2.05, 4.69) is 30.7 Å². The Kier molecular flexibility index (Phi) is 8.20. The molecule has 1 aromatic heterocycles. The second-order valence-electron chi connectivity index (χ2n) is 6.73. The van der Waals surface area contributed by atoms with Crippen LogP contribution in [0.25, 0.3) is 11.3 Å². The van der Waals surface area contributed by atoms with Crippen LogP contribution in [0.1, 0.15) is 38.1 Å². The second-order valence-corrected chi connectivity index (χ2v) is 6.73. The number of carbonyl (C=O) groups excluding carboxylic acids is 3. The molecule has 4 N–H and O–H groups in total. The van der Waals surface area contributed by atoms with E-state index in [4.69, 9.17) is 0 Å². The van der Waals surface area contributed by atoms with Crippen LogP contribution in [0.3, 0.4) is 0 Å². The fourth-order valence-electron chi connectivity index (χ4n) is 3.00. The molecular formula is C20H27N5O4. The maximum absolute atomic E-state index is 11.4. The molecule has 0 fully saturated rings. The number of imidazole rings is 1. The van der Waals surface area contributed by atoms with Gasteiger partial charge in [-0.15, -0.1) is 0 Å². The van der Waals surface area contributed by atoms with E-state index in [-0.39, 0.29) is 12.0 Å². The molecular weight excluding hydrogens is 374 g/mol. The number of nitrogens with one attached hydrogen (secondary N) is 4. The van der Waals surface area contributed by atoms with Gasteiger partial charge in [0.15, 0.2) is 0 Å². The third-order valence-corrected chi connectivity index (χ3v) is 4.65. The maximum Gasteiger partial charge on any atom is 0.411 e. The number of aromatic amines is 1. The first-order chi connectivity index (χ1) is 14.0. The van der Waals surface area contributed by atoms with Gasteiger partial charge in [0, 0.05) is 30.4 Å². The van der Waals surface area contributed by atoms with Crippen molar-refractivity contribution in [2.75, 3.05) is 24.8 Å². The van der Waals surface area contributed by atoms with Gasteiger partial charge >= 0.3 is 6.09 Å². The lowest BCUT2D eigenvalue weighted by atomic mass is 9.99. The molecule has 0 spiro atoms. The highest BCUT2D eigenvalue weighted by atomic mass is 16.5. The summed E-state index contributed by atoms with van der Waals surface area (Å²) >= 11 is 0. The molecule has 0 bridgehead atoms. The lowest BCUT2D eigenvalue weighted by Crippen LogP contribution is -2.21. The largest absolute Gasteiger partial charge is 0.453 e. The van der Waals surface area contributed by atoms with E-state index in [0.717, 1.165) is 29.7 Å². The number of rotatable bonds is 11. The SMILES string of the molecule is CNc1cc(NC(=O)OC)ccc1-c1cnc(C(CCC(C)CC=O)NC=O)[nH]1. The van der Waals surface area contributed by atoms with Gasteiger partial charge in [-0.25, -0.2) is 9.78 Å². The number of hydrogen-bond acceptors (Lipinski definition) is 6. The van der Waals surface area contributed by atoms with Crippen LogP contribution in [0, 0.1) is 5.92 Å². The monoisotopic (exact) mass is 401 g/mol. The number of aldehydes is 1. The number of nitrogens with zero attached hydrogens (tertiary/aromatic N) is 1. The van der Waals surface area contributed by atoms with Crippen molar-refractivity contribution in [2.45, 2.75) is 32.2 Å². The summed E-state index contributed by atoms with van der Waals surface area (Å²) in [6.45, 7) is 2.00. The molecule has 2 atom stereocenters. The van der Waals surface area contributed by atoms with Crippen LogP contribution in [-0.2, 0) is 14.3 Å². The highest BCUT2D eigenvalue weighted by molar-refractivity contribution is 5.87. The van der Waals surface area contributed by atoms with E-state index in [1.807, 2.05) is 13.0 Å². The third kappa shape index (κ3) is 6.06. The first kappa shape index (κ1) is 21.9. The molecule has 2 rings (SSSR count). The Morgan fingerprint density at radius 3 is 2.76 bits per heavy atom. The minimum atomic E-state index is -0.546. The minimum absolute atomic E-state index is 0.239. The normalized spacial score (nSPS) is 12.5. The lowest BCUT2D eigenvalue weighted by Gasteiger charge is -2.16. The summed E-state index contributed by atoms with van der Waals surface area (Å²) in [6, 6.07) is 5.13. The summed E-state index contributed by atoms with van der Waals surface area (Å²) in [7, 11) is 3.08. The molecule has 29 heavy (non-hydrogen) atoms. The number of aromatic nitrogens is 2. The summed E-state index contributed by atoms with van der Waals surface area (Å²) in [5, 5.41) is 8.51. The van der Waals surface area contributed by atoms with E-state index >= 15 is 0 Å². The van der Waals surface area contributed by atoms with Crippen LogP contribution in [0.5, 0.6) is 0 Å². The standard InChI is InChI=1S/C20H27N5O4/c1-13(8-9-26)4-7-16(23-12-27)19-22-11-18(25-19)15-6-5-14(10-17(15)21-2)24-20(28)29-3/h5-6,9-13,16,21H,4,7-8H2,1-3H3,(H,22,25)(H,23,27)(H,24,28). The molecule has 1 aromatic carbocycles. The molecule has 0 saturated carbocycles. The van der Waals surface area contributed by atoms with Crippen LogP contribution >= 0.6 is 0 Å². The third-order valence-electron chi connectivity index (χ3n) is 4.65. The molecule has 2 aromatic rings.